The van der Waals surface area contributed by atoms with Gasteiger partial charge in [-0.3, -0.25) is 4.79 Å². The smallest absolute Gasteiger partial charge is 0.228 e. The van der Waals surface area contributed by atoms with Crippen molar-refractivity contribution < 1.29 is 4.79 Å². The zero-order valence-corrected chi connectivity index (χ0v) is 14.2. The van der Waals surface area contributed by atoms with Crippen LogP contribution in [0.4, 0.5) is 5.13 Å². The third-order valence-corrected chi connectivity index (χ3v) is 5.63. The summed E-state index contributed by atoms with van der Waals surface area (Å²) >= 11 is 13.4. The molecule has 0 aromatic carbocycles. The fourth-order valence-corrected chi connectivity index (χ4v) is 3.84. The summed E-state index contributed by atoms with van der Waals surface area (Å²) in [5.41, 5.74) is 0. The first kappa shape index (κ1) is 15.3. The Bertz CT molecular complexity index is 536. The SMILES string of the molecule is CCc1nsc(N2CCCN(C(=O)C3CC3(Cl)Cl)CC2)n1. The molecule has 2 fully saturated rings. The van der Waals surface area contributed by atoms with Crippen LogP contribution in [0.5, 0.6) is 0 Å². The molecule has 1 atom stereocenters. The number of rotatable bonds is 3. The lowest BCUT2D eigenvalue weighted by Crippen LogP contribution is -2.37. The number of halogens is 2. The topological polar surface area (TPSA) is 49.3 Å². The molecule has 1 aromatic rings. The molecule has 21 heavy (non-hydrogen) atoms. The Morgan fingerprint density at radius 1 is 1.38 bits per heavy atom. The van der Waals surface area contributed by atoms with Gasteiger partial charge >= 0.3 is 0 Å². The van der Waals surface area contributed by atoms with Crippen LogP contribution < -0.4 is 4.90 Å². The minimum absolute atomic E-state index is 0.0911. The molecular formula is C13H18Cl2N4OS. The van der Waals surface area contributed by atoms with E-state index in [-0.39, 0.29) is 11.8 Å². The number of carbonyl (C=O) groups excluding carboxylic acids is 1. The van der Waals surface area contributed by atoms with E-state index in [1.807, 2.05) is 4.90 Å². The molecule has 3 rings (SSSR count). The molecule has 0 radical (unpaired) electrons. The number of anilines is 1. The van der Waals surface area contributed by atoms with E-state index in [9.17, 15) is 4.79 Å². The standard InChI is InChI=1S/C13H18Cl2N4OS/c1-2-10-16-12(21-17-10)19-5-3-4-18(6-7-19)11(20)9-8-13(9,14)15/h9H,2-8H2,1H3. The van der Waals surface area contributed by atoms with E-state index in [1.165, 1.54) is 11.5 Å². The van der Waals surface area contributed by atoms with Crippen molar-refractivity contribution in [2.75, 3.05) is 31.1 Å². The first-order valence-electron chi connectivity index (χ1n) is 7.25. The van der Waals surface area contributed by atoms with E-state index in [0.717, 1.165) is 43.4 Å². The second kappa shape index (κ2) is 5.89. The van der Waals surface area contributed by atoms with Crippen LogP contribution >= 0.6 is 34.7 Å². The normalized spacial score (nSPS) is 24.8. The summed E-state index contributed by atoms with van der Waals surface area (Å²) in [5.74, 6) is 0.758. The van der Waals surface area contributed by atoms with Crippen LogP contribution in [0.1, 0.15) is 25.6 Å². The molecular weight excluding hydrogens is 331 g/mol. The van der Waals surface area contributed by atoms with Crippen LogP contribution in [0.25, 0.3) is 0 Å². The molecule has 1 amide bonds. The summed E-state index contributed by atoms with van der Waals surface area (Å²) in [4.78, 5) is 21.0. The summed E-state index contributed by atoms with van der Waals surface area (Å²) in [6.07, 6.45) is 2.35. The highest BCUT2D eigenvalue weighted by atomic mass is 35.5. The lowest BCUT2D eigenvalue weighted by atomic mass is 10.3. The third kappa shape index (κ3) is 3.27. The van der Waals surface area contributed by atoms with Crippen LogP contribution in [0.2, 0.25) is 0 Å². The first-order valence-corrected chi connectivity index (χ1v) is 8.78. The zero-order chi connectivity index (χ0) is 15.0. The molecule has 1 saturated carbocycles. The predicted molar refractivity (Wildman–Crippen MR) is 85.2 cm³/mol. The molecule has 1 aromatic heterocycles. The maximum atomic E-state index is 12.3. The van der Waals surface area contributed by atoms with Gasteiger partial charge in [0.2, 0.25) is 11.0 Å². The number of amides is 1. The van der Waals surface area contributed by atoms with Gasteiger partial charge in [0.05, 0.1) is 5.92 Å². The molecule has 2 aliphatic rings. The van der Waals surface area contributed by atoms with E-state index in [2.05, 4.69) is 21.2 Å². The van der Waals surface area contributed by atoms with Gasteiger partial charge in [0.25, 0.3) is 0 Å². The van der Waals surface area contributed by atoms with Gasteiger partial charge in [-0.15, -0.1) is 23.2 Å². The van der Waals surface area contributed by atoms with Crippen molar-refractivity contribution in [3.8, 4) is 0 Å². The van der Waals surface area contributed by atoms with Crippen molar-refractivity contribution in [2.45, 2.75) is 30.5 Å². The Kier molecular flexibility index (Phi) is 4.30. The second-order valence-corrected chi connectivity index (χ2v) is 7.80. The van der Waals surface area contributed by atoms with Crippen molar-refractivity contribution in [3.05, 3.63) is 5.82 Å². The molecule has 1 aliphatic carbocycles. The van der Waals surface area contributed by atoms with E-state index >= 15 is 0 Å². The van der Waals surface area contributed by atoms with E-state index in [1.54, 1.807) is 0 Å². The second-order valence-electron chi connectivity index (χ2n) is 5.53. The average molecular weight is 349 g/mol. The number of hydrogen-bond donors (Lipinski definition) is 0. The van der Waals surface area contributed by atoms with Gasteiger partial charge in [0, 0.05) is 44.1 Å². The van der Waals surface area contributed by atoms with E-state index in [0.29, 0.717) is 13.0 Å². The van der Waals surface area contributed by atoms with Gasteiger partial charge in [-0.25, -0.2) is 4.98 Å². The maximum absolute atomic E-state index is 12.3. The summed E-state index contributed by atoms with van der Waals surface area (Å²) < 4.78 is 3.49. The Morgan fingerprint density at radius 3 is 2.76 bits per heavy atom. The average Bonchev–Trinajstić information content (AvgIpc) is 2.96. The lowest BCUT2D eigenvalue weighted by Gasteiger charge is -2.21. The molecule has 8 heteroatoms. The minimum atomic E-state index is -0.835. The fraction of sp³-hybridized carbons (Fsp3) is 0.769. The zero-order valence-electron chi connectivity index (χ0n) is 11.9. The predicted octanol–water partition coefficient (Wildman–Crippen LogP) is 2.33. The largest absolute Gasteiger partial charge is 0.345 e. The summed E-state index contributed by atoms with van der Waals surface area (Å²) in [7, 11) is 0. The van der Waals surface area contributed by atoms with Gasteiger partial charge in [-0.1, -0.05) is 6.92 Å². The Labute approximate surface area is 138 Å². The van der Waals surface area contributed by atoms with Crippen molar-refractivity contribution in [3.63, 3.8) is 0 Å². The van der Waals surface area contributed by atoms with Crippen LogP contribution in [0.15, 0.2) is 0 Å². The maximum Gasteiger partial charge on any atom is 0.228 e. The van der Waals surface area contributed by atoms with Crippen LogP contribution in [-0.4, -0.2) is 50.7 Å². The van der Waals surface area contributed by atoms with Crippen LogP contribution in [0, 0.1) is 5.92 Å². The van der Waals surface area contributed by atoms with E-state index in [4.69, 9.17) is 23.2 Å². The van der Waals surface area contributed by atoms with Crippen molar-refractivity contribution in [1.29, 1.82) is 0 Å². The quantitative estimate of drug-likeness (QED) is 0.786. The first-order chi connectivity index (χ1) is 10.0. The van der Waals surface area contributed by atoms with Crippen LogP contribution in [-0.2, 0) is 11.2 Å². The van der Waals surface area contributed by atoms with Gasteiger partial charge in [-0.2, -0.15) is 4.37 Å². The number of alkyl halides is 2. The summed E-state index contributed by atoms with van der Waals surface area (Å²) in [5, 5.41) is 0.955. The molecule has 2 heterocycles. The summed E-state index contributed by atoms with van der Waals surface area (Å²) in [6, 6.07) is 0. The fourth-order valence-electron chi connectivity index (χ4n) is 2.55. The van der Waals surface area contributed by atoms with Gasteiger partial charge < -0.3 is 9.80 Å². The highest BCUT2D eigenvalue weighted by molar-refractivity contribution is 7.09. The molecule has 0 bridgehead atoms. The number of aromatic nitrogens is 2. The Morgan fingerprint density at radius 2 is 2.14 bits per heavy atom. The molecule has 1 aliphatic heterocycles. The van der Waals surface area contributed by atoms with Gasteiger partial charge in [0.15, 0.2) is 0 Å². The summed E-state index contributed by atoms with van der Waals surface area (Å²) in [6.45, 7) is 5.19. The number of aryl methyl sites for hydroxylation is 1. The minimum Gasteiger partial charge on any atom is -0.345 e. The van der Waals surface area contributed by atoms with Gasteiger partial charge in [0.1, 0.15) is 10.2 Å². The molecule has 0 N–H and O–H groups in total. The molecule has 5 nitrogen and oxygen atoms in total. The van der Waals surface area contributed by atoms with Crippen LogP contribution in [0.3, 0.4) is 0 Å². The molecule has 116 valence electrons. The molecule has 1 saturated heterocycles. The highest BCUT2D eigenvalue weighted by Crippen LogP contribution is 2.53. The number of nitrogens with zero attached hydrogens (tertiary/aromatic N) is 4. The van der Waals surface area contributed by atoms with Gasteiger partial charge in [-0.05, 0) is 12.8 Å². The Hall–Kier alpha value is -0.590. The Balaban J connectivity index is 1.60. The monoisotopic (exact) mass is 348 g/mol. The molecule has 1 unspecified atom stereocenters. The van der Waals surface area contributed by atoms with Crippen molar-refractivity contribution in [2.24, 2.45) is 5.92 Å². The van der Waals surface area contributed by atoms with E-state index < -0.39 is 4.33 Å². The molecule has 0 spiro atoms. The highest BCUT2D eigenvalue weighted by Gasteiger charge is 2.57. The third-order valence-electron chi connectivity index (χ3n) is 3.98. The van der Waals surface area contributed by atoms with Crippen molar-refractivity contribution >= 4 is 45.8 Å². The number of carbonyl (C=O) groups is 1. The number of hydrogen-bond acceptors (Lipinski definition) is 5. The lowest BCUT2D eigenvalue weighted by molar-refractivity contribution is -0.132. The van der Waals surface area contributed by atoms with Crippen molar-refractivity contribution in [1.82, 2.24) is 14.3 Å².